The number of nitrogen functional groups attached to an aromatic ring is 1. The van der Waals surface area contributed by atoms with Crippen molar-refractivity contribution in [1.29, 1.82) is 0 Å². The van der Waals surface area contributed by atoms with E-state index in [0.29, 0.717) is 5.95 Å². The van der Waals surface area contributed by atoms with Gasteiger partial charge in [-0.15, -0.1) is 0 Å². The molecule has 0 atom stereocenters. The van der Waals surface area contributed by atoms with Crippen LogP contribution in [0.5, 0.6) is 0 Å². The third-order valence-corrected chi connectivity index (χ3v) is 3.15. The molecule has 0 bridgehead atoms. The first-order valence-electron chi connectivity index (χ1n) is 5.84. The Morgan fingerprint density at radius 3 is 2.82 bits per heavy atom. The molecule has 1 aromatic carbocycles. The average Bonchev–Trinajstić information content (AvgIpc) is 2.68. The smallest absolute Gasteiger partial charge is 0.220 e. The summed E-state index contributed by atoms with van der Waals surface area (Å²) in [5.41, 5.74) is 9.27. The Morgan fingerprint density at radius 1 is 1.29 bits per heavy atom. The van der Waals surface area contributed by atoms with E-state index in [1.54, 1.807) is 0 Å². The summed E-state index contributed by atoms with van der Waals surface area (Å²) in [6, 6.07) is 6.09. The summed E-state index contributed by atoms with van der Waals surface area (Å²) in [6.07, 6.45) is 0. The number of morpholine rings is 1. The van der Waals surface area contributed by atoms with Gasteiger partial charge >= 0.3 is 0 Å². The topological polar surface area (TPSA) is 56.3 Å². The minimum Gasteiger partial charge on any atom is -0.378 e. The van der Waals surface area contributed by atoms with Crippen LogP contribution in [-0.2, 0) is 4.74 Å². The second-order valence-electron chi connectivity index (χ2n) is 4.29. The quantitative estimate of drug-likeness (QED) is 0.793. The van der Waals surface area contributed by atoms with Crippen LogP contribution in [0, 0.1) is 6.92 Å². The molecule has 0 aliphatic carbocycles. The summed E-state index contributed by atoms with van der Waals surface area (Å²) in [5.74, 6) is 0.552. The number of nitrogens with zero attached hydrogens (tertiary/aromatic N) is 3. The van der Waals surface area contributed by atoms with Crippen molar-refractivity contribution in [2.45, 2.75) is 6.92 Å². The molecule has 1 saturated heterocycles. The van der Waals surface area contributed by atoms with E-state index in [1.165, 1.54) is 5.56 Å². The van der Waals surface area contributed by atoms with Gasteiger partial charge in [0.15, 0.2) is 0 Å². The maximum Gasteiger partial charge on any atom is 0.220 e. The lowest BCUT2D eigenvalue weighted by atomic mass is 10.2. The first kappa shape index (κ1) is 10.4. The van der Waals surface area contributed by atoms with Crippen LogP contribution >= 0.6 is 0 Å². The van der Waals surface area contributed by atoms with Crippen LogP contribution in [0.25, 0.3) is 11.0 Å². The number of hydrogen-bond acceptors (Lipinski definition) is 4. The molecule has 0 spiro atoms. The fourth-order valence-corrected chi connectivity index (χ4v) is 2.33. The second kappa shape index (κ2) is 3.92. The molecule has 0 radical (unpaired) electrons. The summed E-state index contributed by atoms with van der Waals surface area (Å²) < 4.78 is 7.38. The number of anilines is 1. The van der Waals surface area contributed by atoms with Crippen LogP contribution in [-0.4, -0.2) is 36.0 Å². The van der Waals surface area contributed by atoms with Gasteiger partial charge in [-0.25, -0.2) is 9.66 Å². The summed E-state index contributed by atoms with van der Waals surface area (Å²) in [6.45, 7) is 5.27. The highest BCUT2D eigenvalue weighted by atomic mass is 16.5. The number of nitrogens with two attached hydrogens (primary N) is 1. The van der Waals surface area contributed by atoms with Gasteiger partial charge < -0.3 is 15.5 Å². The van der Waals surface area contributed by atoms with Crippen molar-refractivity contribution < 1.29 is 4.74 Å². The molecule has 5 heteroatoms. The molecule has 5 nitrogen and oxygen atoms in total. The van der Waals surface area contributed by atoms with E-state index in [9.17, 15) is 0 Å². The van der Waals surface area contributed by atoms with E-state index >= 15 is 0 Å². The lowest BCUT2D eigenvalue weighted by Gasteiger charge is -2.30. The molecule has 1 fully saturated rings. The minimum absolute atomic E-state index is 0.552. The molecule has 2 aromatic rings. The molecule has 1 aromatic heterocycles. The third kappa shape index (κ3) is 1.63. The largest absolute Gasteiger partial charge is 0.378 e. The number of ether oxygens (including phenoxy) is 1. The number of benzene rings is 1. The molecule has 2 heterocycles. The van der Waals surface area contributed by atoms with Crippen LogP contribution in [0.2, 0.25) is 0 Å². The average molecular weight is 232 g/mol. The van der Waals surface area contributed by atoms with E-state index in [0.717, 1.165) is 37.3 Å². The number of fused-ring (bicyclic) bond motifs is 1. The van der Waals surface area contributed by atoms with Gasteiger partial charge in [-0.3, -0.25) is 0 Å². The van der Waals surface area contributed by atoms with E-state index in [1.807, 2.05) is 16.8 Å². The van der Waals surface area contributed by atoms with Crippen LogP contribution in [0.1, 0.15) is 5.56 Å². The molecular formula is C12H16N4O. The van der Waals surface area contributed by atoms with E-state index in [-0.39, 0.29) is 0 Å². The summed E-state index contributed by atoms with van der Waals surface area (Å²) >= 11 is 0. The molecule has 90 valence electrons. The van der Waals surface area contributed by atoms with Crippen molar-refractivity contribution in [3.05, 3.63) is 23.8 Å². The number of rotatable bonds is 1. The monoisotopic (exact) mass is 232 g/mol. The van der Waals surface area contributed by atoms with Gasteiger partial charge in [0, 0.05) is 0 Å². The van der Waals surface area contributed by atoms with E-state index in [4.69, 9.17) is 10.5 Å². The van der Waals surface area contributed by atoms with Crippen molar-refractivity contribution in [2.24, 2.45) is 0 Å². The van der Waals surface area contributed by atoms with Gasteiger partial charge in [0.2, 0.25) is 5.95 Å². The molecule has 0 amide bonds. The van der Waals surface area contributed by atoms with Gasteiger partial charge in [-0.1, -0.05) is 12.1 Å². The maximum atomic E-state index is 6.02. The van der Waals surface area contributed by atoms with Crippen molar-refractivity contribution in [3.63, 3.8) is 0 Å². The molecule has 1 aliphatic heterocycles. The summed E-state index contributed by atoms with van der Waals surface area (Å²) in [4.78, 5) is 4.41. The summed E-state index contributed by atoms with van der Waals surface area (Å²) in [7, 11) is 0. The zero-order chi connectivity index (χ0) is 11.8. The molecule has 3 rings (SSSR count). The Labute approximate surface area is 99.8 Å². The molecule has 17 heavy (non-hydrogen) atoms. The number of aromatic nitrogens is 2. The highest BCUT2D eigenvalue weighted by Crippen LogP contribution is 2.22. The second-order valence-corrected chi connectivity index (χ2v) is 4.29. The predicted octanol–water partition coefficient (Wildman–Crippen LogP) is 0.895. The predicted molar refractivity (Wildman–Crippen MR) is 67.7 cm³/mol. The highest BCUT2D eigenvalue weighted by Gasteiger charge is 2.17. The van der Waals surface area contributed by atoms with Crippen LogP contribution in [0.4, 0.5) is 5.95 Å². The molecule has 1 aliphatic rings. The van der Waals surface area contributed by atoms with Crippen molar-refractivity contribution >= 4 is 17.0 Å². The lowest BCUT2D eigenvalue weighted by molar-refractivity contribution is 0.112. The first-order chi connectivity index (χ1) is 8.27. The molecule has 0 saturated carbocycles. The van der Waals surface area contributed by atoms with E-state index < -0.39 is 0 Å². The van der Waals surface area contributed by atoms with Gasteiger partial charge in [0.05, 0.1) is 37.3 Å². The molecule has 0 unspecified atom stereocenters. The zero-order valence-corrected chi connectivity index (χ0v) is 9.89. The molecule has 2 N–H and O–H groups in total. The van der Waals surface area contributed by atoms with Crippen molar-refractivity contribution in [3.8, 4) is 0 Å². The number of hydrogen-bond donors (Lipinski definition) is 1. The fraction of sp³-hybridized carbons (Fsp3) is 0.417. The van der Waals surface area contributed by atoms with Crippen molar-refractivity contribution in [1.82, 2.24) is 9.66 Å². The lowest BCUT2D eigenvalue weighted by Crippen LogP contribution is -2.44. The number of para-hydroxylation sites is 1. The fourth-order valence-electron chi connectivity index (χ4n) is 2.33. The van der Waals surface area contributed by atoms with Gasteiger partial charge in [0.1, 0.15) is 0 Å². The van der Waals surface area contributed by atoms with Crippen molar-refractivity contribution in [2.75, 3.05) is 37.0 Å². The Morgan fingerprint density at radius 2 is 2.06 bits per heavy atom. The summed E-state index contributed by atoms with van der Waals surface area (Å²) in [5, 5.41) is 2.20. The minimum atomic E-state index is 0.552. The SMILES string of the molecule is Cc1cccc2nc(N)n(N3CCOCC3)c12. The van der Waals surface area contributed by atoms with Gasteiger partial charge in [-0.2, -0.15) is 0 Å². The normalized spacial score (nSPS) is 16.6. The van der Waals surface area contributed by atoms with E-state index in [2.05, 4.69) is 23.0 Å². The Balaban J connectivity index is 2.16. The van der Waals surface area contributed by atoms with Crippen LogP contribution in [0.3, 0.4) is 0 Å². The Kier molecular flexibility index (Phi) is 2.40. The van der Waals surface area contributed by atoms with Gasteiger partial charge in [-0.05, 0) is 18.6 Å². The highest BCUT2D eigenvalue weighted by molar-refractivity contribution is 5.82. The van der Waals surface area contributed by atoms with Crippen LogP contribution in [0.15, 0.2) is 18.2 Å². The Bertz CT molecular complexity index is 543. The van der Waals surface area contributed by atoms with Crippen LogP contribution < -0.4 is 10.7 Å². The first-order valence-corrected chi connectivity index (χ1v) is 5.84. The maximum absolute atomic E-state index is 6.02. The number of aryl methyl sites for hydroxylation is 1. The zero-order valence-electron chi connectivity index (χ0n) is 9.89. The number of imidazole rings is 1. The standard InChI is InChI=1S/C12H16N4O/c1-9-3-2-4-10-11(9)16(12(13)14-10)15-5-7-17-8-6-15/h2-4H,5-8H2,1H3,(H2,13,14). The molecular weight excluding hydrogens is 216 g/mol. The third-order valence-electron chi connectivity index (χ3n) is 3.15. The van der Waals surface area contributed by atoms with Gasteiger partial charge in [0.25, 0.3) is 0 Å². The Hall–Kier alpha value is -1.75.